The Kier molecular flexibility index (Phi) is 6.48. The molecule has 0 saturated carbocycles. The summed E-state index contributed by atoms with van der Waals surface area (Å²) < 4.78 is 27.0. The van der Waals surface area contributed by atoms with Gasteiger partial charge in [-0.15, -0.1) is 11.3 Å². The Labute approximate surface area is 169 Å². The first-order chi connectivity index (χ1) is 13.4. The number of amides is 2. The minimum Gasteiger partial charge on any atom is -0.339 e. The highest BCUT2D eigenvalue weighted by Crippen LogP contribution is 2.14. The topological polar surface area (TPSA) is 86.8 Å². The molecule has 0 bridgehead atoms. The Morgan fingerprint density at radius 2 is 1.68 bits per heavy atom. The van der Waals surface area contributed by atoms with E-state index in [4.69, 9.17) is 0 Å². The first-order valence-corrected chi connectivity index (χ1v) is 11.4. The second-order valence-corrected chi connectivity index (χ2v) is 9.33. The molecule has 1 fully saturated rings. The molecule has 0 radical (unpaired) electrons. The summed E-state index contributed by atoms with van der Waals surface area (Å²) >= 11 is 1.41. The maximum Gasteiger partial charge on any atom is 0.264 e. The van der Waals surface area contributed by atoms with E-state index in [0.29, 0.717) is 31.1 Å². The molecule has 3 rings (SSSR count). The van der Waals surface area contributed by atoms with E-state index in [9.17, 15) is 18.0 Å². The zero-order valence-electron chi connectivity index (χ0n) is 15.6. The Hall–Kier alpha value is -2.23. The molecule has 7 nitrogen and oxygen atoms in total. The number of rotatable bonds is 6. The molecule has 0 spiro atoms. The molecule has 2 aromatic rings. The zero-order chi connectivity index (χ0) is 20.1. The molecule has 2 heterocycles. The fourth-order valence-electron chi connectivity index (χ4n) is 2.97. The molecule has 1 aromatic carbocycles. The van der Waals surface area contributed by atoms with Crippen LogP contribution in [0.2, 0.25) is 0 Å². The number of hydrogen-bond donors (Lipinski definition) is 1. The summed E-state index contributed by atoms with van der Waals surface area (Å²) in [5.74, 6) is -0.122. The lowest BCUT2D eigenvalue weighted by Crippen LogP contribution is -2.50. The van der Waals surface area contributed by atoms with Gasteiger partial charge in [0.25, 0.3) is 5.91 Å². The molecule has 28 heavy (non-hydrogen) atoms. The highest BCUT2D eigenvalue weighted by molar-refractivity contribution is 7.89. The zero-order valence-corrected chi connectivity index (χ0v) is 17.3. The maximum absolute atomic E-state index is 12.4. The fraction of sp³-hybridized carbons (Fsp3) is 0.368. The Morgan fingerprint density at radius 3 is 2.29 bits per heavy atom. The van der Waals surface area contributed by atoms with Gasteiger partial charge in [-0.3, -0.25) is 9.59 Å². The van der Waals surface area contributed by atoms with E-state index in [0.717, 1.165) is 5.56 Å². The van der Waals surface area contributed by atoms with Gasteiger partial charge in [0.1, 0.15) is 0 Å². The number of carbonyl (C=O) groups excluding carboxylic acids is 2. The fourth-order valence-corrected chi connectivity index (χ4v) is 4.69. The summed E-state index contributed by atoms with van der Waals surface area (Å²) in [6, 6.07) is 10.2. The third-order valence-electron chi connectivity index (χ3n) is 4.61. The van der Waals surface area contributed by atoms with Crippen molar-refractivity contribution in [3.05, 3.63) is 52.2 Å². The van der Waals surface area contributed by atoms with Crippen molar-refractivity contribution in [3.63, 3.8) is 0 Å². The van der Waals surface area contributed by atoms with Gasteiger partial charge < -0.3 is 9.80 Å². The van der Waals surface area contributed by atoms with Gasteiger partial charge in [-0.1, -0.05) is 23.8 Å². The summed E-state index contributed by atoms with van der Waals surface area (Å²) in [4.78, 5) is 29.0. The van der Waals surface area contributed by atoms with Crippen LogP contribution in [0.5, 0.6) is 0 Å². The third-order valence-corrected chi connectivity index (χ3v) is 6.95. The van der Waals surface area contributed by atoms with Crippen LogP contribution in [0.1, 0.15) is 21.7 Å². The lowest BCUT2D eigenvalue weighted by atomic mass is 10.2. The van der Waals surface area contributed by atoms with Crippen molar-refractivity contribution in [2.45, 2.75) is 18.2 Å². The smallest absolute Gasteiger partial charge is 0.264 e. The number of sulfonamides is 1. The Morgan fingerprint density at radius 1 is 1.04 bits per heavy atom. The summed E-state index contributed by atoms with van der Waals surface area (Å²) in [6.07, 6.45) is 0.0873. The minimum atomic E-state index is -3.62. The van der Waals surface area contributed by atoms with Crippen LogP contribution in [-0.2, 0) is 14.8 Å². The number of hydrogen-bond acceptors (Lipinski definition) is 5. The van der Waals surface area contributed by atoms with Crippen LogP contribution in [0.4, 0.5) is 0 Å². The number of piperazine rings is 1. The quantitative estimate of drug-likeness (QED) is 0.769. The van der Waals surface area contributed by atoms with E-state index in [1.807, 2.05) is 18.4 Å². The van der Waals surface area contributed by atoms with Gasteiger partial charge in [0.05, 0.1) is 9.77 Å². The Bertz CT molecular complexity index is 917. The number of nitrogens with one attached hydrogen (secondary N) is 1. The molecular formula is C19H23N3O4S2. The van der Waals surface area contributed by atoms with Crippen molar-refractivity contribution < 1.29 is 18.0 Å². The van der Waals surface area contributed by atoms with Gasteiger partial charge in [-0.05, 0) is 30.5 Å². The number of nitrogens with zero attached hydrogens (tertiary/aromatic N) is 2. The van der Waals surface area contributed by atoms with Gasteiger partial charge in [0.15, 0.2) is 0 Å². The molecule has 0 atom stereocenters. The van der Waals surface area contributed by atoms with Gasteiger partial charge in [0.2, 0.25) is 15.9 Å². The normalized spacial score (nSPS) is 14.9. The Balaban J connectivity index is 1.44. The molecule has 1 aliphatic heterocycles. The molecule has 2 amide bonds. The van der Waals surface area contributed by atoms with Crippen molar-refractivity contribution in [3.8, 4) is 0 Å². The van der Waals surface area contributed by atoms with Gasteiger partial charge in [0, 0.05) is 39.1 Å². The van der Waals surface area contributed by atoms with Gasteiger partial charge in [-0.2, -0.15) is 0 Å². The van der Waals surface area contributed by atoms with Crippen molar-refractivity contribution in [2.75, 3.05) is 32.7 Å². The largest absolute Gasteiger partial charge is 0.339 e. The highest BCUT2D eigenvalue weighted by Gasteiger charge is 2.25. The summed E-state index contributed by atoms with van der Waals surface area (Å²) in [7, 11) is -3.62. The second-order valence-electron chi connectivity index (χ2n) is 6.61. The number of thiophene rings is 1. The molecule has 0 aliphatic carbocycles. The van der Waals surface area contributed by atoms with Crippen molar-refractivity contribution in [1.82, 2.24) is 14.5 Å². The van der Waals surface area contributed by atoms with Crippen LogP contribution in [0.15, 0.2) is 46.7 Å². The van der Waals surface area contributed by atoms with E-state index in [1.54, 1.807) is 40.1 Å². The van der Waals surface area contributed by atoms with E-state index < -0.39 is 10.0 Å². The molecule has 1 aromatic heterocycles. The molecule has 0 unspecified atom stereocenters. The van der Waals surface area contributed by atoms with Crippen LogP contribution in [0.3, 0.4) is 0 Å². The van der Waals surface area contributed by atoms with Crippen molar-refractivity contribution in [2.24, 2.45) is 0 Å². The monoisotopic (exact) mass is 421 g/mol. The molecular weight excluding hydrogens is 398 g/mol. The summed E-state index contributed by atoms with van der Waals surface area (Å²) in [6.45, 7) is 3.82. The third kappa shape index (κ3) is 4.98. The van der Waals surface area contributed by atoms with Crippen molar-refractivity contribution >= 4 is 33.2 Å². The van der Waals surface area contributed by atoms with E-state index >= 15 is 0 Å². The van der Waals surface area contributed by atoms with Crippen molar-refractivity contribution in [1.29, 1.82) is 0 Å². The lowest BCUT2D eigenvalue weighted by Gasteiger charge is -2.34. The first kappa shape index (κ1) is 20.5. The van der Waals surface area contributed by atoms with Crippen LogP contribution in [-0.4, -0.2) is 62.8 Å². The molecule has 9 heteroatoms. The van der Waals surface area contributed by atoms with E-state index in [2.05, 4.69) is 4.72 Å². The molecule has 1 N–H and O–H groups in total. The molecule has 1 saturated heterocycles. The minimum absolute atomic E-state index is 0.00652. The standard InChI is InChI=1S/C19H23N3O4S2/c1-15-4-6-16(7-5-15)28(25,26)20-9-8-18(23)21-10-12-22(13-11-21)19(24)17-3-2-14-27-17/h2-7,14,20H,8-13H2,1H3. The maximum atomic E-state index is 12.4. The van der Waals surface area contributed by atoms with E-state index in [1.165, 1.54) is 11.3 Å². The number of aryl methyl sites for hydroxylation is 1. The SMILES string of the molecule is Cc1ccc(S(=O)(=O)NCCC(=O)N2CCN(C(=O)c3cccs3)CC2)cc1. The average molecular weight is 422 g/mol. The summed E-state index contributed by atoms with van der Waals surface area (Å²) in [5.41, 5.74) is 0.978. The van der Waals surface area contributed by atoms with Gasteiger partial charge >= 0.3 is 0 Å². The predicted molar refractivity (Wildman–Crippen MR) is 108 cm³/mol. The highest BCUT2D eigenvalue weighted by atomic mass is 32.2. The van der Waals surface area contributed by atoms with Gasteiger partial charge in [-0.25, -0.2) is 13.1 Å². The molecule has 1 aliphatic rings. The lowest BCUT2D eigenvalue weighted by molar-refractivity contribution is -0.132. The number of benzene rings is 1. The van der Waals surface area contributed by atoms with Crippen LogP contribution in [0, 0.1) is 6.92 Å². The number of carbonyl (C=O) groups is 2. The second kappa shape index (κ2) is 8.85. The van der Waals surface area contributed by atoms with Crippen LogP contribution in [0.25, 0.3) is 0 Å². The van der Waals surface area contributed by atoms with Crippen LogP contribution < -0.4 is 4.72 Å². The van der Waals surface area contributed by atoms with E-state index in [-0.39, 0.29) is 29.7 Å². The average Bonchev–Trinajstić information content (AvgIpc) is 3.22. The van der Waals surface area contributed by atoms with Crippen LogP contribution >= 0.6 is 11.3 Å². The summed E-state index contributed by atoms with van der Waals surface area (Å²) in [5, 5.41) is 1.87. The first-order valence-electron chi connectivity index (χ1n) is 9.04. The predicted octanol–water partition coefficient (Wildman–Crippen LogP) is 1.71. The molecule has 150 valence electrons.